The molecule has 2 aromatic carbocycles. The van der Waals surface area contributed by atoms with E-state index in [9.17, 15) is 14.0 Å². The lowest BCUT2D eigenvalue weighted by atomic mass is 9.96. The van der Waals surface area contributed by atoms with Gasteiger partial charge in [-0.2, -0.15) is 0 Å². The predicted octanol–water partition coefficient (Wildman–Crippen LogP) is 3.75. The lowest BCUT2D eigenvalue weighted by molar-refractivity contribution is -0.122. The van der Waals surface area contributed by atoms with Crippen molar-refractivity contribution in [1.29, 1.82) is 0 Å². The Morgan fingerprint density at radius 3 is 2.50 bits per heavy atom. The van der Waals surface area contributed by atoms with Crippen LogP contribution >= 0.6 is 0 Å². The van der Waals surface area contributed by atoms with Crippen LogP contribution in [-0.4, -0.2) is 15.5 Å². The number of amides is 1. The number of nitrogens with one attached hydrogen (secondary N) is 1. The Morgan fingerprint density at radius 1 is 1.14 bits per heavy atom. The molecular formula is C22H24FN3O2. The van der Waals surface area contributed by atoms with Crippen LogP contribution in [0.15, 0.2) is 53.3 Å². The SMILES string of the molecule is Cc1nc2ccccc2c(=O)n1CCC(=O)N[C@@H](c1ccc(F)cc1)C(C)C. The van der Waals surface area contributed by atoms with Crippen LogP contribution < -0.4 is 10.9 Å². The first-order chi connectivity index (χ1) is 13.4. The van der Waals surface area contributed by atoms with Gasteiger partial charge in [-0.1, -0.05) is 38.1 Å². The number of nitrogens with zero attached hydrogens (tertiary/aromatic N) is 2. The van der Waals surface area contributed by atoms with Crippen molar-refractivity contribution >= 4 is 16.8 Å². The lowest BCUT2D eigenvalue weighted by Gasteiger charge is -2.23. The van der Waals surface area contributed by atoms with E-state index in [1.165, 1.54) is 16.7 Å². The first-order valence-electron chi connectivity index (χ1n) is 9.38. The second-order valence-electron chi connectivity index (χ2n) is 7.22. The molecule has 0 saturated heterocycles. The molecule has 1 amide bonds. The van der Waals surface area contributed by atoms with Crippen LogP contribution in [0.4, 0.5) is 4.39 Å². The first-order valence-corrected chi connectivity index (χ1v) is 9.38. The number of rotatable bonds is 6. The van der Waals surface area contributed by atoms with E-state index in [4.69, 9.17) is 0 Å². The summed E-state index contributed by atoms with van der Waals surface area (Å²) in [6.45, 7) is 6.01. The van der Waals surface area contributed by atoms with Crippen LogP contribution in [0, 0.1) is 18.7 Å². The molecule has 1 atom stereocenters. The zero-order chi connectivity index (χ0) is 20.3. The fourth-order valence-corrected chi connectivity index (χ4v) is 3.31. The Balaban J connectivity index is 1.74. The van der Waals surface area contributed by atoms with Crippen molar-refractivity contribution in [3.63, 3.8) is 0 Å². The molecule has 6 heteroatoms. The van der Waals surface area contributed by atoms with E-state index < -0.39 is 0 Å². The molecule has 0 saturated carbocycles. The summed E-state index contributed by atoms with van der Waals surface area (Å²) in [5, 5.41) is 3.54. The third-order valence-electron chi connectivity index (χ3n) is 4.83. The number of aryl methyl sites for hydroxylation is 1. The third kappa shape index (κ3) is 4.27. The van der Waals surface area contributed by atoms with Crippen LogP contribution in [0.1, 0.15) is 37.7 Å². The second-order valence-corrected chi connectivity index (χ2v) is 7.22. The summed E-state index contributed by atoms with van der Waals surface area (Å²) in [4.78, 5) is 29.7. The van der Waals surface area contributed by atoms with Gasteiger partial charge in [0.05, 0.1) is 16.9 Å². The summed E-state index contributed by atoms with van der Waals surface area (Å²) < 4.78 is 14.7. The molecule has 0 bridgehead atoms. The quantitative estimate of drug-likeness (QED) is 0.707. The molecule has 146 valence electrons. The van der Waals surface area contributed by atoms with Gasteiger partial charge in [0.15, 0.2) is 0 Å². The number of hydrogen-bond donors (Lipinski definition) is 1. The number of halogens is 1. The van der Waals surface area contributed by atoms with Gasteiger partial charge in [-0.3, -0.25) is 14.2 Å². The maximum Gasteiger partial charge on any atom is 0.261 e. The van der Waals surface area contributed by atoms with Crippen LogP contribution in [0.5, 0.6) is 0 Å². The molecule has 1 heterocycles. The summed E-state index contributed by atoms with van der Waals surface area (Å²) in [7, 11) is 0. The number of carbonyl (C=O) groups excluding carboxylic acids is 1. The summed E-state index contributed by atoms with van der Waals surface area (Å²) in [5.41, 5.74) is 1.36. The summed E-state index contributed by atoms with van der Waals surface area (Å²) >= 11 is 0. The van der Waals surface area contributed by atoms with Gasteiger partial charge in [-0.15, -0.1) is 0 Å². The first kappa shape index (κ1) is 19.7. The summed E-state index contributed by atoms with van der Waals surface area (Å²) in [6.07, 6.45) is 0.158. The van der Waals surface area contributed by atoms with E-state index in [2.05, 4.69) is 10.3 Å². The number of para-hydroxylation sites is 1. The molecule has 0 radical (unpaired) electrons. The van der Waals surface area contributed by atoms with Crippen molar-refractivity contribution < 1.29 is 9.18 Å². The van der Waals surface area contributed by atoms with Gasteiger partial charge in [-0.05, 0) is 42.7 Å². The maximum atomic E-state index is 13.2. The van der Waals surface area contributed by atoms with Crippen molar-refractivity contribution in [2.24, 2.45) is 5.92 Å². The zero-order valence-electron chi connectivity index (χ0n) is 16.3. The Bertz CT molecular complexity index is 1040. The van der Waals surface area contributed by atoms with Crippen molar-refractivity contribution in [3.05, 3.63) is 76.1 Å². The molecule has 0 unspecified atom stereocenters. The topological polar surface area (TPSA) is 64.0 Å². The van der Waals surface area contributed by atoms with Gasteiger partial charge >= 0.3 is 0 Å². The van der Waals surface area contributed by atoms with E-state index >= 15 is 0 Å². The van der Waals surface area contributed by atoms with E-state index in [1.54, 1.807) is 37.3 Å². The van der Waals surface area contributed by atoms with Gasteiger partial charge in [0.2, 0.25) is 5.91 Å². The van der Waals surface area contributed by atoms with Gasteiger partial charge in [-0.25, -0.2) is 9.37 Å². The fourth-order valence-electron chi connectivity index (χ4n) is 3.31. The molecule has 1 aromatic heterocycles. The monoisotopic (exact) mass is 381 g/mol. The van der Waals surface area contributed by atoms with Crippen LogP contribution in [-0.2, 0) is 11.3 Å². The van der Waals surface area contributed by atoms with Crippen molar-refractivity contribution in [1.82, 2.24) is 14.9 Å². The molecule has 3 aromatic rings. The summed E-state index contributed by atoms with van der Waals surface area (Å²) in [6, 6.07) is 13.1. The van der Waals surface area contributed by atoms with Crippen LogP contribution in [0.2, 0.25) is 0 Å². The Morgan fingerprint density at radius 2 is 1.82 bits per heavy atom. The highest BCUT2D eigenvalue weighted by atomic mass is 19.1. The molecule has 1 N–H and O–H groups in total. The Hall–Kier alpha value is -3.02. The van der Waals surface area contributed by atoms with Gasteiger partial charge in [0.25, 0.3) is 5.56 Å². The average Bonchev–Trinajstić information content (AvgIpc) is 2.66. The van der Waals surface area contributed by atoms with Crippen molar-refractivity contribution in [2.45, 2.75) is 39.8 Å². The minimum Gasteiger partial charge on any atom is -0.349 e. The Kier molecular flexibility index (Phi) is 5.87. The molecular weight excluding hydrogens is 357 g/mol. The largest absolute Gasteiger partial charge is 0.349 e. The zero-order valence-corrected chi connectivity index (χ0v) is 16.3. The van der Waals surface area contributed by atoms with Crippen LogP contribution in [0.25, 0.3) is 10.9 Å². The van der Waals surface area contributed by atoms with Gasteiger partial charge in [0, 0.05) is 13.0 Å². The minimum atomic E-state index is -0.309. The fraction of sp³-hybridized carbons (Fsp3) is 0.318. The molecule has 5 nitrogen and oxygen atoms in total. The number of aromatic nitrogens is 2. The number of benzene rings is 2. The molecule has 3 rings (SSSR count). The molecule has 0 aliphatic heterocycles. The van der Waals surface area contributed by atoms with E-state index in [-0.39, 0.29) is 42.2 Å². The Labute approximate surface area is 163 Å². The van der Waals surface area contributed by atoms with Gasteiger partial charge < -0.3 is 5.32 Å². The van der Waals surface area contributed by atoms with E-state index in [0.29, 0.717) is 16.7 Å². The van der Waals surface area contributed by atoms with Gasteiger partial charge in [0.1, 0.15) is 11.6 Å². The van der Waals surface area contributed by atoms with Crippen molar-refractivity contribution in [3.8, 4) is 0 Å². The average molecular weight is 381 g/mol. The molecule has 28 heavy (non-hydrogen) atoms. The normalized spacial score (nSPS) is 12.3. The highest BCUT2D eigenvalue weighted by Gasteiger charge is 2.19. The maximum absolute atomic E-state index is 13.2. The van der Waals surface area contributed by atoms with E-state index in [1.807, 2.05) is 19.9 Å². The lowest BCUT2D eigenvalue weighted by Crippen LogP contribution is -2.33. The standard InChI is InChI=1S/C22H24FN3O2/c1-14(2)21(16-8-10-17(23)11-9-16)25-20(27)12-13-26-15(3)24-19-7-5-4-6-18(19)22(26)28/h4-11,14,21H,12-13H2,1-3H3,(H,25,27)/t21-/m1/s1. The highest BCUT2D eigenvalue weighted by molar-refractivity contribution is 5.78. The second kappa shape index (κ2) is 8.33. The van der Waals surface area contributed by atoms with E-state index in [0.717, 1.165) is 5.56 Å². The minimum absolute atomic E-state index is 0.140. The molecule has 0 aliphatic carbocycles. The van der Waals surface area contributed by atoms with Crippen molar-refractivity contribution in [2.75, 3.05) is 0 Å². The number of hydrogen-bond acceptors (Lipinski definition) is 3. The molecule has 0 fully saturated rings. The molecule has 0 aliphatic rings. The van der Waals surface area contributed by atoms with Crippen LogP contribution in [0.3, 0.4) is 0 Å². The molecule has 0 spiro atoms. The third-order valence-corrected chi connectivity index (χ3v) is 4.83. The highest BCUT2D eigenvalue weighted by Crippen LogP contribution is 2.22. The smallest absolute Gasteiger partial charge is 0.261 e. The predicted molar refractivity (Wildman–Crippen MR) is 107 cm³/mol. The number of carbonyl (C=O) groups is 1. The summed E-state index contributed by atoms with van der Waals surface area (Å²) in [5.74, 6) is 0.246. The number of fused-ring (bicyclic) bond motifs is 1.